The summed E-state index contributed by atoms with van der Waals surface area (Å²) in [6, 6.07) is 13.3. The smallest absolute Gasteiger partial charge is 0.416 e. The number of ether oxygens (including phenoxy) is 1. The van der Waals surface area contributed by atoms with Crippen molar-refractivity contribution < 1.29 is 22.7 Å². The van der Waals surface area contributed by atoms with Gasteiger partial charge in [0.15, 0.2) is 0 Å². The maximum absolute atomic E-state index is 12.5. The summed E-state index contributed by atoms with van der Waals surface area (Å²) in [4.78, 5) is 12.0. The van der Waals surface area contributed by atoms with Crippen molar-refractivity contribution in [2.45, 2.75) is 26.6 Å². The van der Waals surface area contributed by atoms with E-state index in [9.17, 15) is 18.0 Å². The minimum absolute atomic E-state index is 0.0251. The molecule has 0 bridgehead atoms. The lowest BCUT2D eigenvalue weighted by molar-refractivity contribution is -0.137. The molecule has 0 aliphatic carbocycles. The van der Waals surface area contributed by atoms with E-state index < -0.39 is 17.7 Å². The van der Waals surface area contributed by atoms with Gasteiger partial charge in [0, 0.05) is 5.69 Å². The summed E-state index contributed by atoms with van der Waals surface area (Å²) in [6.45, 7) is 3.90. The van der Waals surface area contributed by atoms with Crippen molar-refractivity contribution in [3.8, 4) is 5.69 Å². The molecule has 0 radical (unpaired) electrons. The third-order valence-electron chi connectivity index (χ3n) is 4.01. The van der Waals surface area contributed by atoms with E-state index in [0.29, 0.717) is 0 Å². The number of carbonyl (C=O) groups is 1. The molecule has 3 aromatic rings. The van der Waals surface area contributed by atoms with Gasteiger partial charge in [0.2, 0.25) is 0 Å². The van der Waals surface area contributed by atoms with E-state index in [4.69, 9.17) is 4.74 Å². The van der Waals surface area contributed by atoms with E-state index >= 15 is 0 Å². The number of halogens is 3. The van der Waals surface area contributed by atoms with Gasteiger partial charge in [-0.05, 0) is 61.9 Å². The molecule has 7 heteroatoms. The quantitative estimate of drug-likeness (QED) is 0.613. The Morgan fingerprint density at radius 2 is 1.67 bits per heavy atom. The summed E-state index contributed by atoms with van der Waals surface area (Å²) in [6.07, 6.45) is -4.43. The molecule has 3 rings (SSSR count). The number of aromatic nitrogens is 2. The van der Waals surface area contributed by atoms with Gasteiger partial charge in [-0.25, -0.2) is 9.48 Å². The predicted octanol–water partition coefficient (Wildman–Crippen LogP) is 4.86. The third kappa shape index (κ3) is 4.36. The fraction of sp³-hybridized carbons (Fsp3) is 0.200. The van der Waals surface area contributed by atoms with Gasteiger partial charge < -0.3 is 4.74 Å². The van der Waals surface area contributed by atoms with Crippen molar-refractivity contribution in [1.82, 2.24) is 9.78 Å². The topological polar surface area (TPSA) is 44.1 Å². The molecule has 1 heterocycles. The highest BCUT2D eigenvalue weighted by molar-refractivity contribution is 5.89. The van der Waals surface area contributed by atoms with Crippen molar-refractivity contribution in [1.29, 1.82) is 0 Å². The molecule has 0 unspecified atom stereocenters. The molecular formula is C20H17F3N2O2. The van der Waals surface area contributed by atoms with Gasteiger partial charge in [0.05, 0.1) is 22.5 Å². The number of benzene rings is 2. The first-order valence-corrected chi connectivity index (χ1v) is 8.21. The van der Waals surface area contributed by atoms with E-state index in [1.807, 2.05) is 48.9 Å². The number of hydrogen-bond donors (Lipinski definition) is 0. The second-order valence-electron chi connectivity index (χ2n) is 6.16. The van der Waals surface area contributed by atoms with Gasteiger partial charge in [0.1, 0.15) is 6.61 Å². The van der Waals surface area contributed by atoms with E-state index in [1.165, 1.54) is 0 Å². The average molecular weight is 374 g/mol. The van der Waals surface area contributed by atoms with Crippen LogP contribution in [-0.2, 0) is 17.5 Å². The Bertz CT molecular complexity index is 943. The zero-order valence-corrected chi connectivity index (χ0v) is 14.7. The Hall–Kier alpha value is -3.09. The first kappa shape index (κ1) is 18.7. The summed E-state index contributed by atoms with van der Waals surface area (Å²) in [7, 11) is 0. The number of alkyl halides is 3. The van der Waals surface area contributed by atoms with Crippen LogP contribution in [0.5, 0.6) is 0 Å². The van der Waals surface area contributed by atoms with Crippen molar-refractivity contribution in [3.63, 3.8) is 0 Å². The predicted molar refractivity (Wildman–Crippen MR) is 93.6 cm³/mol. The SMILES string of the molecule is Cc1cc(C)n(-c2ccc(COC(=O)c3ccc(C(F)(F)F)cc3)cc2)n1. The van der Waals surface area contributed by atoms with Crippen LogP contribution in [0.3, 0.4) is 0 Å². The molecule has 1 aromatic heterocycles. The number of carbonyl (C=O) groups excluding carboxylic acids is 1. The van der Waals surface area contributed by atoms with Crippen LogP contribution in [0, 0.1) is 13.8 Å². The van der Waals surface area contributed by atoms with Gasteiger partial charge in [0.25, 0.3) is 0 Å². The molecule has 0 saturated carbocycles. The van der Waals surface area contributed by atoms with Crippen molar-refractivity contribution in [3.05, 3.63) is 82.7 Å². The molecule has 0 amide bonds. The van der Waals surface area contributed by atoms with Gasteiger partial charge in [-0.3, -0.25) is 0 Å². The van der Waals surface area contributed by atoms with Crippen LogP contribution in [0.4, 0.5) is 13.2 Å². The molecule has 0 atom stereocenters. The van der Waals surface area contributed by atoms with Crippen LogP contribution in [0.1, 0.15) is 32.9 Å². The average Bonchev–Trinajstić information content (AvgIpc) is 2.97. The normalized spacial score (nSPS) is 11.4. The largest absolute Gasteiger partial charge is 0.457 e. The lowest BCUT2D eigenvalue weighted by atomic mass is 10.1. The summed E-state index contributed by atoms with van der Waals surface area (Å²) >= 11 is 0. The molecule has 0 fully saturated rings. The molecule has 0 saturated heterocycles. The minimum Gasteiger partial charge on any atom is -0.457 e. The van der Waals surface area contributed by atoms with Crippen molar-refractivity contribution >= 4 is 5.97 Å². The molecule has 4 nitrogen and oxygen atoms in total. The Kier molecular flexibility index (Phi) is 5.03. The van der Waals surface area contributed by atoms with Crippen LogP contribution in [-0.4, -0.2) is 15.7 Å². The van der Waals surface area contributed by atoms with Crippen LogP contribution in [0.15, 0.2) is 54.6 Å². The maximum atomic E-state index is 12.5. The second-order valence-corrected chi connectivity index (χ2v) is 6.16. The molecule has 0 spiro atoms. The Balaban J connectivity index is 1.63. The monoisotopic (exact) mass is 374 g/mol. The number of esters is 1. The zero-order chi connectivity index (χ0) is 19.6. The van der Waals surface area contributed by atoms with E-state index in [-0.39, 0.29) is 12.2 Å². The first-order chi connectivity index (χ1) is 12.7. The van der Waals surface area contributed by atoms with Crippen molar-refractivity contribution in [2.24, 2.45) is 0 Å². The number of hydrogen-bond acceptors (Lipinski definition) is 3. The molecule has 27 heavy (non-hydrogen) atoms. The summed E-state index contributed by atoms with van der Waals surface area (Å²) in [5.41, 5.74) is 2.84. The van der Waals surface area contributed by atoms with Crippen LogP contribution >= 0.6 is 0 Å². The summed E-state index contributed by atoms with van der Waals surface area (Å²) in [5, 5.41) is 4.40. The van der Waals surface area contributed by atoms with Crippen LogP contribution in [0.2, 0.25) is 0 Å². The molecule has 0 aliphatic heterocycles. The lowest BCUT2D eigenvalue weighted by Gasteiger charge is -2.09. The summed E-state index contributed by atoms with van der Waals surface area (Å²) < 4.78 is 44.6. The van der Waals surface area contributed by atoms with Gasteiger partial charge >= 0.3 is 12.1 Å². The van der Waals surface area contributed by atoms with Crippen LogP contribution in [0.25, 0.3) is 5.69 Å². The first-order valence-electron chi connectivity index (χ1n) is 8.21. The second kappa shape index (κ2) is 7.26. The highest BCUT2D eigenvalue weighted by atomic mass is 19.4. The van der Waals surface area contributed by atoms with Crippen molar-refractivity contribution in [2.75, 3.05) is 0 Å². The molecular weight excluding hydrogens is 357 g/mol. The van der Waals surface area contributed by atoms with E-state index in [2.05, 4.69) is 5.10 Å². The molecule has 0 N–H and O–H groups in total. The van der Waals surface area contributed by atoms with Gasteiger partial charge in [-0.15, -0.1) is 0 Å². The minimum atomic E-state index is -4.43. The maximum Gasteiger partial charge on any atom is 0.416 e. The van der Waals surface area contributed by atoms with E-state index in [1.54, 1.807) is 0 Å². The Labute approximate surface area is 154 Å². The lowest BCUT2D eigenvalue weighted by Crippen LogP contribution is -2.08. The molecule has 0 aliphatic rings. The molecule has 140 valence electrons. The summed E-state index contributed by atoms with van der Waals surface area (Å²) in [5.74, 6) is -0.675. The fourth-order valence-corrected chi connectivity index (χ4v) is 2.65. The standard InChI is InChI=1S/C20H17F3N2O2/c1-13-11-14(2)25(24-13)18-9-3-15(4-10-18)12-27-19(26)16-5-7-17(8-6-16)20(21,22)23/h3-11H,12H2,1-2H3. The Morgan fingerprint density at radius 1 is 1.04 bits per heavy atom. The number of aryl methyl sites for hydroxylation is 2. The van der Waals surface area contributed by atoms with E-state index in [0.717, 1.165) is 46.9 Å². The Morgan fingerprint density at radius 3 is 2.19 bits per heavy atom. The zero-order valence-electron chi connectivity index (χ0n) is 14.7. The number of rotatable bonds is 4. The highest BCUT2D eigenvalue weighted by Crippen LogP contribution is 2.29. The van der Waals surface area contributed by atoms with Gasteiger partial charge in [-0.2, -0.15) is 18.3 Å². The number of nitrogens with zero attached hydrogens (tertiary/aromatic N) is 2. The molecule has 2 aromatic carbocycles. The fourth-order valence-electron chi connectivity index (χ4n) is 2.65. The highest BCUT2D eigenvalue weighted by Gasteiger charge is 2.30. The van der Waals surface area contributed by atoms with Crippen LogP contribution < -0.4 is 0 Å². The third-order valence-corrected chi connectivity index (χ3v) is 4.01. The van der Waals surface area contributed by atoms with Gasteiger partial charge in [-0.1, -0.05) is 12.1 Å².